The molecule has 0 bridgehead atoms. The average Bonchev–Trinajstić information content (AvgIpc) is 2.49. The Morgan fingerprint density at radius 2 is 1.62 bits per heavy atom. The summed E-state index contributed by atoms with van der Waals surface area (Å²) in [6.07, 6.45) is 0.252. The standard InChI is InChI=1S/C17H19BrN2O3S/c1-12(2)20-24(22,23)16-9-7-15(8-10-16)19-17(21)11-13-3-5-14(18)6-4-13/h3-10,12,20H,11H2,1-2H3,(H,19,21). The van der Waals surface area contributed by atoms with Crippen LogP contribution in [0.5, 0.6) is 0 Å². The van der Waals surface area contributed by atoms with Gasteiger partial charge in [-0.05, 0) is 55.8 Å². The molecule has 2 aromatic carbocycles. The van der Waals surface area contributed by atoms with Gasteiger partial charge in [0.05, 0.1) is 11.3 Å². The number of carbonyl (C=O) groups is 1. The van der Waals surface area contributed by atoms with Crippen LogP contribution < -0.4 is 10.0 Å². The van der Waals surface area contributed by atoms with Crippen molar-refractivity contribution in [2.75, 3.05) is 5.32 Å². The van der Waals surface area contributed by atoms with Crippen LogP contribution in [0.2, 0.25) is 0 Å². The highest BCUT2D eigenvalue weighted by Crippen LogP contribution is 2.15. The molecule has 7 heteroatoms. The number of rotatable bonds is 6. The second kappa shape index (κ2) is 7.92. The number of benzene rings is 2. The fraction of sp³-hybridized carbons (Fsp3) is 0.235. The zero-order valence-corrected chi connectivity index (χ0v) is 15.8. The molecule has 0 spiro atoms. The third-order valence-corrected chi connectivity index (χ3v) is 5.32. The van der Waals surface area contributed by atoms with E-state index in [4.69, 9.17) is 0 Å². The van der Waals surface area contributed by atoms with E-state index in [0.29, 0.717) is 5.69 Å². The van der Waals surface area contributed by atoms with Crippen molar-refractivity contribution in [2.24, 2.45) is 0 Å². The second-order valence-corrected chi connectivity index (χ2v) is 8.28. The number of sulfonamides is 1. The van der Waals surface area contributed by atoms with Gasteiger partial charge in [0.2, 0.25) is 15.9 Å². The molecule has 0 aliphatic carbocycles. The lowest BCUT2D eigenvalue weighted by Gasteiger charge is -2.10. The summed E-state index contributed by atoms with van der Waals surface area (Å²) in [5.41, 5.74) is 1.46. The van der Waals surface area contributed by atoms with Gasteiger partial charge in [0.1, 0.15) is 0 Å². The van der Waals surface area contributed by atoms with Crippen LogP contribution >= 0.6 is 15.9 Å². The summed E-state index contributed by atoms with van der Waals surface area (Å²) < 4.78 is 27.6. The highest BCUT2D eigenvalue weighted by Gasteiger charge is 2.15. The maximum absolute atomic E-state index is 12.0. The van der Waals surface area contributed by atoms with Crippen LogP contribution in [0.4, 0.5) is 5.69 Å². The predicted molar refractivity (Wildman–Crippen MR) is 98.4 cm³/mol. The molecule has 2 aromatic rings. The van der Waals surface area contributed by atoms with E-state index in [-0.39, 0.29) is 23.3 Å². The Hall–Kier alpha value is -1.70. The van der Waals surface area contributed by atoms with E-state index in [1.165, 1.54) is 12.1 Å². The van der Waals surface area contributed by atoms with Crippen molar-refractivity contribution in [3.8, 4) is 0 Å². The molecular formula is C17H19BrN2O3S. The summed E-state index contributed by atoms with van der Waals surface area (Å²) >= 11 is 3.35. The summed E-state index contributed by atoms with van der Waals surface area (Å²) in [7, 11) is -3.52. The lowest BCUT2D eigenvalue weighted by atomic mass is 10.1. The molecule has 0 fully saturated rings. The molecule has 128 valence electrons. The van der Waals surface area contributed by atoms with E-state index in [2.05, 4.69) is 26.0 Å². The number of halogens is 1. The molecule has 2 N–H and O–H groups in total. The van der Waals surface area contributed by atoms with Gasteiger partial charge in [-0.2, -0.15) is 0 Å². The van der Waals surface area contributed by atoms with Crippen molar-refractivity contribution in [1.29, 1.82) is 0 Å². The van der Waals surface area contributed by atoms with Gasteiger partial charge in [-0.25, -0.2) is 13.1 Å². The molecule has 0 aliphatic rings. The van der Waals surface area contributed by atoms with Crippen LogP contribution in [0, 0.1) is 0 Å². The summed E-state index contributed by atoms with van der Waals surface area (Å²) in [4.78, 5) is 12.2. The topological polar surface area (TPSA) is 75.3 Å². The Balaban J connectivity index is 2.01. The molecule has 5 nitrogen and oxygen atoms in total. The van der Waals surface area contributed by atoms with Crippen LogP contribution in [0.25, 0.3) is 0 Å². The first-order valence-corrected chi connectivity index (χ1v) is 9.70. The molecule has 0 aromatic heterocycles. The smallest absolute Gasteiger partial charge is 0.240 e. The largest absolute Gasteiger partial charge is 0.326 e. The average molecular weight is 411 g/mol. The second-order valence-electron chi connectivity index (χ2n) is 5.65. The Morgan fingerprint density at radius 3 is 2.17 bits per heavy atom. The molecule has 0 saturated carbocycles. The van der Waals surface area contributed by atoms with Gasteiger partial charge in [0.25, 0.3) is 0 Å². The molecule has 0 heterocycles. The normalized spacial score (nSPS) is 11.5. The SMILES string of the molecule is CC(C)NS(=O)(=O)c1ccc(NC(=O)Cc2ccc(Br)cc2)cc1. The fourth-order valence-electron chi connectivity index (χ4n) is 2.09. The number of carbonyl (C=O) groups excluding carboxylic acids is 1. The van der Waals surface area contributed by atoms with E-state index >= 15 is 0 Å². The predicted octanol–water partition coefficient (Wildman–Crippen LogP) is 3.32. The Bertz CT molecular complexity index is 801. The zero-order valence-electron chi connectivity index (χ0n) is 13.4. The van der Waals surface area contributed by atoms with Crippen LogP contribution in [0.3, 0.4) is 0 Å². The minimum Gasteiger partial charge on any atom is -0.326 e. The summed E-state index contributed by atoms with van der Waals surface area (Å²) in [5, 5.41) is 2.76. The molecule has 24 heavy (non-hydrogen) atoms. The van der Waals surface area contributed by atoms with E-state index in [0.717, 1.165) is 10.0 Å². The fourth-order valence-corrected chi connectivity index (χ4v) is 3.60. The third-order valence-electron chi connectivity index (χ3n) is 3.12. The van der Waals surface area contributed by atoms with Crippen molar-refractivity contribution in [3.05, 3.63) is 58.6 Å². The molecule has 1 amide bonds. The van der Waals surface area contributed by atoms with Crippen molar-refractivity contribution in [2.45, 2.75) is 31.2 Å². The number of anilines is 1. The van der Waals surface area contributed by atoms with Crippen molar-refractivity contribution >= 4 is 37.5 Å². The van der Waals surface area contributed by atoms with Crippen molar-refractivity contribution in [3.63, 3.8) is 0 Å². The van der Waals surface area contributed by atoms with Crippen molar-refractivity contribution in [1.82, 2.24) is 4.72 Å². The first-order valence-electron chi connectivity index (χ1n) is 7.43. The van der Waals surface area contributed by atoms with Crippen molar-refractivity contribution < 1.29 is 13.2 Å². The number of hydrogen-bond acceptors (Lipinski definition) is 3. The first-order chi connectivity index (χ1) is 11.3. The van der Waals surface area contributed by atoms with Gasteiger partial charge in [0.15, 0.2) is 0 Å². The number of amides is 1. The van der Waals surface area contributed by atoms with E-state index < -0.39 is 10.0 Å². The number of nitrogens with one attached hydrogen (secondary N) is 2. The highest BCUT2D eigenvalue weighted by atomic mass is 79.9. The van der Waals surface area contributed by atoms with Crippen LogP contribution in [0.15, 0.2) is 57.9 Å². The molecule has 0 radical (unpaired) electrons. The maximum Gasteiger partial charge on any atom is 0.240 e. The first kappa shape index (κ1) is 18.6. The van der Waals surface area contributed by atoms with E-state index in [9.17, 15) is 13.2 Å². The van der Waals surface area contributed by atoms with Gasteiger partial charge >= 0.3 is 0 Å². The lowest BCUT2D eigenvalue weighted by molar-refractivity contribution is -0.115. The summed E-state index contributed by atoms with van der Waals surface area (Å²) in [6, 6.07) is 13.4. The molecule has 0 unspecified atom stereocenters. The van der Waals surface area contributed by atoms with Gasteiger partial charge in [-0.15, -0.1) is 0 Å². The lowest BCUT2D eigenvalue weighted by Crippen LogP contribution is -2.30. The Labute approximate surface area is 150 Å². The summed E-state index contributed by atoms with van der Waals surface area (Å²) in [5.74, 6) is -0.159. The maximum atomic E-state index is 12.0. The van der Waals surface area contributed by atoms with Crippen LogP contribution in [0.1, 0.15) is 19.4 Å². The minimum atomic E-state index is -3.52. The van der Waals surface area contributed by atoms with Crippen LogP contribution in [-0.4, -0.2) is 20.4 Å². The Kier molecular flexibility index (Phi) is 6.15. The molecule has 2 rings (SSSR count). The Morgan fingerprint density at radius 1 is 1.04 bits per heavy atom. The van der Waals surface area contributed by atoms with E-state index in [1.807, 2.05) is 24.3 Å². The van der Waals surface area contributed by atoms with Gasteiger partial charge in [-0.3, -0.25) is 4.79 Å². The van der Waals surface area contributed by atoms with Gasteiger partial charge < -0.3 is 5.32 Å². The highest BCUT2D eigenvalue weighted by molar-refractivity contribution is 9.10. The molecular weight excluding hydrogens is 392 g/mol. The summed E-state index contributed by atoms with van der Waals surface area (Å²) in [6.45, 7) is 3.52. The van der Waals surface area contributed by atoms with E-state index in [1.54, 1.807) is 26.0 Å². The van der Waals surface area contributed by atoms with Gasteiger partial charge in [0, 0.05) is 16.2 Å². The number of hydrogen-bond donors (Lipinski definition) is 2. The van der Waals surface area contributed by atoms with Gasteiger partial charge in [-0.1, -0.05) is 28.1 Å². The monoisotopic (exact) mass is 410 g/mol. The minimum absolute atomic E-state index is 0.159. The quantitative estimate of drug-likeness (QED) is 0.766. The molecule has 0 atom stereocenters. The zero-order chi connectivity index (χ0) is 17.7. The molecule has 0 saturated heterocycles. The van der Waals surface area contributed by atoms with Crippen LogP contribution in [-0.2, 0) is 21.2 Å². The third kappa shape index (κ3) is 5.43. The molecule has 0 aliphatic heterocycles.